The van der Waals surface area contributed by atoms with Crippen molar-refractivity contribution < 1.29 is 18.0 Å². The Morgan fingerprint density at radius 2 is 1.88 bits per heavy atom. The Labute approximate surface area is 97.3 Å². The van der Waals surface area contributed by atoms with E-state index in [9.17, 15) is 18.0 Å². The van der Waals surface area contributed by atoms with Crippen molar-refractivity contribution in [3.05, 3.63) is 30.1 Å². The van der Waals surface area contributed by atoms with E-state index in [1.807, 2.05) is 0 Å². The van der Waals surface area contributed by atoms with Gasteiger partial charge in [-0.3, -0.25) is 9.78 Å². The van der Waals surface area contributed by atoms with Crippen molar-refractivity contribution in [2.24, 2.45) is 0 Å². The van der Waals surface area contributed by atoms with Gasteiger partial charge in [0.15, 0.2) is 0 Å². The van der Waals surface area contributed by atoms with Crippen LogP contribution in [0.15, 0.2) is 24.4 Å². The molecule has 0 saturated heterocycles. The molecule has 1 aromatic rings. The molecule has 17 heavy (non-hydrogen) atoms. The monoisotopic (exact) mass is 246 g/mol. The van der Waals surface area contributed by atoms with Crippen LogP contribution < -0.4 is 0 Å². The van der Waals surface area contributed by atoms with Gasteiger partial charge in [-0.15, -0.1) is 0 Å². The normalized spacial score (nSPS) is 12.4. The molecular weight excluding hydrogens is 233 g/mol. The molecule has 0 aliphatic heterocycles. The number of halogens is 3. The lowest BCUT2D eigenvalue weighted by Crippen LogP contribution is -2.55. The predicted octanol–water partition coefficient (Wildman–Crippen LogP) is 2.49. The summed E-state index contributed by atoms with van der Waals surface area (Å²) in [4.78, 5) is 16.2. The zero-order valence-corrected chi connectivity index (χ0v) is 9.75. The van der Waals surface area contributed by atoms with E-state index in [-0.39, 0.29) is 5.69 Å². The number of aromatic nitrogens is 1. The summed E-state index contributed by atoms with van der Waals surface area (Å²) < 4.78 is 38.2. The number of rotatable bonds is 2. The highest BCUT2D eigenvalue weighted by atomic mass is 19.4. The number of carbonyl (C=O) groups excluding carboxylic acids is 1. The average molecular weight is 246 g/mol. The van der Waals surface area contributed by atoms with Crippen molar-refractivity contribution in [3.63, 3.8) is 0 Å². The molecule has 0 unspecified atom stereocenters. The van der Waals surface area contributed by atoms with Crippen LogP contribution >= 0.6 is 0 Å². The Hall–Kier alpha value is -1.59. The zero-order chi connectivity index (χ0) is 13.3. The predicted molar refractivity (Wildman–Crippen MR) is 56.5 cm³/mol. The van der Waals surface area contributed by atoms with Crippen molar-refractivity contribution >= 4 is 5.91 Å². The maximum Gasteiger partial charge on any atom is 0.411 e. The van der Waals surface area contributed by atoms with Gasteiger partial charge in [0.1, 0.15) is 11.2 Å². The molecule has 0 radical (unpaired) electrons. The lowest BCUT2D eigenvalue weighted by Gasteiger charge is -2.36. The van der Waals surface area contributed by atoms with Crippen molar-refractivity contribution in [2.45, 2.75) is 25.6 Å². The van der Waals surface area contributed by atoms with Crippen LogP contribution in [0.4, 0.5) is 13.2 Å². The van der Waals surface area contributed by atoms with Crippen LogP contribution in [0, 0.1) is 0 Å². The Morgan fingerprint density at radius 3 is 2.29 bits per heavy atom. The van der Waals surface area contributed by atoms with Crippen molar-refractivity contribution in [2.75, 3.05) is 7.05 Å². The molecule has 1 amide bonds. The van der Waals surface area contributed by atoms with Gasteiger partial charge in [-0.05, 0) is 26.0 Å². The first kappa shape index (κ1) is 13.5. The maximum absolute atomic E-state index is 12.7. The molecule has 3 nitrogen and oxygen atoms in total. The number of carbonyl (C=O) groups is 1. The second-order valence-electron chi connectivity index (χ2n) is 4.14. The molecule has 0 bridgehead atoms. The summed E-state index contributed by atoms with van der Waals surface area (Å²) in [6.45, 7) is 1.90. The third-order valence-electron chi connectivity index (χ3n) is 2.72. The molecule has 0 aliphatic carbocycles. The van der Waals surface area contributed by atoms with Crippen molar-refractivity contribution in [3.8, 4) is 0 Å². The van der Waals surface area contributed by atoms with Crippen LogP contribution in [0.2, 0.25) is 0 Å². The summed E-state index contributed by atoms with van der Waals surface area (Å²) in [5.41, 5.74) is -2.24. The van der Waals surface area contributed by atoms with Crippen molar-refractivity contribution in [1.82, 2.24) is 9.88 Å². The minimum atomic E-state index is -4.49. The second-order valence-corrected chi connectivity index (χ2v) is 4.14. The first-order valence-electron chi connectivity index (χ1n) is 4.94. The molecule has 0 spiro atoms. The van der Waals surface area contributed by atoms with Gasteiger partial charge < -0.3 is 4.90 Å². The number of pyridine rings is 1. The molecule has 0 aromatic carbocycles. The standard InChI is InChI=1S/C11H13F3N2O/c1-10(2,11(12,13)14)16(3)9(17)8-6-4-5-7-15-8/h4-7H,1-3H3. The van der Waals surface area contributed by atoms with E-state index in [1.54, 1.807) is 12.1 Å². The van der Waals surface area contributed by atoms with E-state index in [0.29, 0.717) is 4.90 Å². The molecule has 6 heteroatoms. The highest BCUT2D eigenvalue weighted by molar-refractivity contribution is 5.92. The number of hydrogen-bond acceptors (Lipinski definition) is 2. The Balaban J connectivity index is 2.99. The van der Waals surface area contributed by atoms with Crippen LogP contribution in [-0.2, 0) is 0 Å². The molecule has 0 fully saturated rings. The lowest BCUT2D eigenvalue weighted by molar-refractivity contribution is -0.208. The van der Waals surface area contributed by atoms with Gasteiger partial charge in [0.05, 0.1) is 0 Å². The van der Waals surface area contributed by atoms with Crippen LogP contribution in [-0.4, -0.2) is 34.6 Å². The highest BCUT2D eigenvalue weighted by Gasteiger charge is 2.51. The minimum Gasteiger partial charge on any atom is -0.326 e. The molecule has 1 aromatic heterocycles. The second kappa shape index (κ2) is 4.35. The van der Waals surface area contributed by atoms with Gasteiger partial charge in [0, 0.05) is 13.2 Å². The summed E-state index contributed by atoms with van der Waals surface area (Å²) in [6, 6.07) is 4.52. The Kier molecular flexibility index (Phi) is 3.45. The molecule has 94 valence electrons. The van der Waals surface area contributed by atoms with E-state index >= 15 is 0 Å². The lowest BCUT2D eigenvalue weighted by atomic mass is 10.0. The van der Waals surface area contributed by atoms with Gasteiger partial charge in [-0.1, -0.05) is 6.07 Å². The first-order valence-corrected chi connectivity index (χ1v) is 4.94. The molecule has 0 aliphatic rings. The number of amides is 1. The van der Waals surface area contributed by atoms with E-state index in [1.165, 1.54) is 12.3 Å². The molecular formula is C11H13F3N2O. The largest absolute Gasteiger partial charge is 0.411 e. The minimum absolute atomic E-state index is 0.00711. The molecule has 0 atom stereocenters. The fraction of sp³-hybridized carbons (Fsp3) is 0.455. The zero-order valence-electron chi connectivity index (χ0n) is 9.75. The number of nitrogens with zero attached hydrogens (tertiary/aromatic N) is 2. The summed E-state index contributed by atoms with van der Waals surface area (Å²) in [5, 5.41) is 0. The molecule has 0 N–H and O–H groups in total. The number of hydrogen-bond donors (Lipinski definition) is 0. The smallest absolute Gasteiger partial charge is 0.326 e. The Bertz CT molecular complexity index is 401. The summed E-state index contributed by atoms with van der Waals surface area (Å²) in [6.07, 6.45) is -3.13. The fourth-order valence-corrected chi connectivity index (χ4v) is 1.11. The summed E-state index contributed by atoms with van der Waals surface area (Å²) in [5.74, 6) is -0.757. The van der Waals surface area contributed by atoms with Gasteiger partial charge in [-0.25, -0.2) is 0 Å². The topological polar surface area (TPSA) is 33.2 Å². The third-order valence-corrected chi connectivity index (χ3v) is 2.72. The van der Waals surface area contributed by atoms with Gasteiger partial charge in [-0.2, -0.15) is 13.2 Å². The first-order chi connectivity index (χ1) is 7.68. The van der Waals surface area contributed by atoms with Gasteiger partial charge >= 0.3 is 6.18 Å². The summed E-state index contributed by atoms with van der Waals surface area (Å²) >= 11 is 0. The fourth-order valence-electron chi connectivity index (χ4n) is 1.11. The molecule has 1 heterocycles. The average Bonchev–Trinajstić information content (AvgIpc) is 2.26. The molecule has 0 saturated carbocycles. The maximum atomic E-state index is 12.7. The van der Waals surface area contributed by atoms with Gasteiger partial charge in [0.25, 0.3) is 5.91 Å². The van der Waals surface area contributed by atoms with Crippen LogP contribution in [0.1, 0.15) is 24.3 Å². The SMILES string of the molecule is CN(C(=O)c1ccccn1)C(C)(C)C(F)(F)F. The van der Waals surface area contributed by atoms with Crippen LogP contribution in [0.3, 0.4) is 0 Å². The number of alkyl halides is 3. The van der Waals surface area contributed by atoms with E-state index in [0.717, 1.165) is 20.9 Å². The van der Waals surface area contributed by atoms with E-state index in [2.05, 4.69) is 4.98 Å². The van der Waals surface area contributed by atoms with Crippen LogP contribution in [0.5, 0.6) is 0 Å². The van der Waals surface area contributed by atoms with Gasteiger partial charge in [0.2, 0.25) is 0 Å². The highest BCUT2D eigenvalue weighted by Crippen LogP contribution is 2.34. The van der Waals surface area contributed by atoms with Crippen molar-refractivity contribution in [1.29, 1.82) is 0 Å². The quantitative estimate of drug-likeness (QED) is 0.803. The van der Waals surface area contributed by atoms with E-state index < -0.39 is 17.6 Å². The Morgan fingerprint density at radius 1 is 1.29 bits per heavy atom. The third kappa shape index (κ3) is 2.57. The summed E-state index contributed by atoms with van der Waals surface area (Å²) in [7, 11) is 1.12. The van der Waals surface area contributed by atoms with E-state index in [4.69, 9.17) is 0 Å². The molecule has 1 rings (SSSR count). The van der Waals surface area contributed by atoms with Crippen LogP contribution in [0.25, 0.3) is 0 Å².